The first kappa shape index (κ1) is 16.4. The van der Waals surface area contributed by atoms with Crippen LogP contribution >= 0.6 is 15.9 Å². The topological polar surface area (TPSA) is 47.0 Å². The summed E-state index contributed by atoms with van der Waals surface area (Å²) in [5.41, 5.74) is 1.03. The lowest BCUT2D eigenvalue weighted by Crippen LogP contribution is -2.13. The summed E-state index contributed by atoms with van der Waals surface area (Å²) in [4.78, 5) is 9.24. The largest absolute Gasteiger partial charge is 0.371 e. The number of aryl methyl sites for hydroxylation is 1. The van der Waals surface area contributed by atoms with Crippen molar-refractivity contribution in [2.45, 2.75) is 53.1 Å². The van der Waals surface area contributed by atoms with Crippen LogP contribution in [0.3, 0.4) is 0 Å². The first-order chi connectivity index (χ1) is 9.17. The van der Waals surface area contributed by atoms with E-state index in [4.69, 9.17) is 4.74 Å². The van der Waals surface area contributed by atoms with Gasteiger partial charge in [-0.1, -0.05) is 20.8 Å². The number of aromatic nitrogens is 2. The second-order valence-corrected chi connectivity index (χ2v) is 5.12. The van der Waals surface area contributed by atoms with E-state index in [1.807, 2.05) is 6.92 Å². The molecule has 0 radical (unpaired) electrons. The fourth-order valence-corrected chi connectivity index (χ4v) is 2.43. The molecule has 0 aliphatic carbocycles. The summed E-state index contributed by atoms with van der Waals surface area (Å²) in [5.74, 6) is 1.66. The second kappa shape index (κ2) is 8.48. The Morgan fingerprint density at radius 3 is 2.47 bits per heavy atom. The van der Waals surface area contributed by atoms with Crippen molar-refractivity contribution in [3.63, 3.8) is 0 Å². The van der Waals surface area contributed by atoms with Gasteiger partial charge in [0.05, 0.1) is 10.2 Å². The fraction of sp³-hybridized carbons (Fsp3) is 0.714. The van der Waals surface area contributed by atoms with Gasteiger partial charge in [-0.3, -0.25) is 0 Å². The number of nitrogens with zero attached hydrogens (tertiary/aromatic N) is 2. The summed E-state index contributed by atoms with van der Waals surface area (Å²) in [6.45, 7) is 9.91. The van der Waals surface area contributed by atoms with Crippen LogP contribution in [0, 0.1) is 0 Å². The molecule has 0 spiro atoms. The third-order valence-corrected chi connectivity index (χ3v) is 3.67. The zero-order valence-corrected chi connectivity index (χ0v) is 13.9. The SMILES string of the molecule is CCCNc1nc(C(CC)OCC)nc(CC)c1Br. The highest BCUT2D eigenvalue weighted by molar-refractivity contribution is 9.10. The average molecular weight is 330 g/mol. The zero-order valence-electron chi connectivity index (χ0n) is 12.3. The van der Waals surface area contributed by atoms with Crippen molar-refractivity contribution < 1.29 is 4.74 Å². The quantitative estimate of drug-likeness (QED) is 0.779. The molecule has 5 heteroatoms. The van der Waals surface area contributed by atoms with Crippen LogP contribution in [0.25, 0.3) is 0 Å². The van der Waals surface area contributed by atoms with E-state index in [2.05, 4.69) is 52.0 Å². The Bertz CT molecular complexity index is 399. The maximum absolute atomic E-state index is 5.71. The summed E-state index contributed by atoms with van der Waals surface area (Å²) in [6, 6.07) is 0. The highest BCUT2D eigenvalue weighted by atomic mass is 79.9. The Balaban J connectivity index is 3.10. The molecule has 0 saturated heterocycles. The number of anilines is 1. The number of hydrogen-bond acceptors (Lipinski definition) is 4. The Kier molecular flexibility index (Phi) is 7.31. The minimum atomic E-state index is -0.0226. The lowest BCUT2D eigenvalue weighted by molar-refractivity contribution is 0.0534. The molecular formula is C14H24BrN3O. The van der Waals surface area contributed by atoms with Gasteiger partial charge < -0.3 is 10.1 Å². The average Bonchev–Trinajstić information content (AvgIpc) is 2.43. The molecule has 0 aromatic carbocycles. The predicted molar refractivity (Wildman–Crippen MR) is 82.5 cm³/mol. The smallest absolute Gasteiger partial charge is 0.159 e. The van der Waals surface area contributed by atoms with Crippen molar-refractivity contribution in [2.24, 2.45) is 0 Å². The number of ether oxygens (including phenoxy) is 1. The molecule has 1 aromatic heterocycles. The molecule has 0 fully saturated rings. The molecule has 1 rings (SSSR count). The fourth-order valence-electron chi connectivity index (χ4n) is 1.83. The minimum Gasteiger partial charge on any atom is -0.371 e. The van der Waals surface area contributed by atoms with Crippen molar-refractivity contribution in [3.8, 4) is 0 Å². The van der Waals surface area contributed by atoms with Crippen molar-refractivity contribution in [2.75, 3.05) is 18.5 Å². The standard InChI is InChI=1S/C14H24BrN3O/c1-5-9-16-14-12(15)10(6-2)17-13(18-14)11(7-3)19-8-4/h11H,5-9H2,1-4H3,(H,16,17,18). The van der Waals surface area contributed by atoms with E-state index in [1.165, 1.54) is 0 Å². The lowest BCUT2D eigenvalue weighted by atomic mass is 10.2. The molecule has 0 saturated carbocycles. The summed E-state index contributed by atoms with van der Waals surface area (Å²) in [5, 5.41) is 3.35. The van der Waals surface area contributed by atoms with Crippen LogP contribution in [-0.2, 0) is 11.2 Å². The normalized spacial score (nSPS) is 12.5. The molecule has 4 nitrogen and oxygen atoms in total. The molecule has 1 unspecified atom stereocenters. The first-order valence-electron chi connectivity index (χ1n) is 7.09. The molecule has 19 heavy (non-hydrogen) atoms. The van der Waals surface area contributed by atoms with Crippen LogP contribution in [0.4, 0.5) is 5.82 Å². The van der Waals surface area contributed by atoms with Gasteiger partial charge in [0.15, 0.2) is 5.82 Å². The van der Waals surface area contributed by atoms with Gasteiger partial charge >= 0.3 is 0 Å². The van der Waals surface area contributed by atoms with E-state index in [-0.39, 0.29) is 6.10 Å². The van der Waals surface area contributed by atoms with Crippen molar-refractivity contribution in [1.82, 2.24) is 9.97 Å². The van der Waals surface area contributed by atoms with Crippen LogP contribution < -0.4 is 5.32 Å². The highest BCUT2D eigenvalue weighted by Gasteiger charge is 2.17. The van der Waals surface area contributed by atoms with Gasteiger partial charge in [0, 0.05) is 13.2 Å². The van der Waals surface area contributed by atoms with Crippen molar-refractivity contribution >= 4 is 21.7 Å². The first-order valence-corrected chi connectivity index (χ1v) is 7.88. The van der Waals surface area contributed by atoms with Crippen LogP contribution in [0.2, 0.25) is 0 Å². The highest BCUT2D eigenvalue weighted by Crippen LogP contribution is 2.27. The van der Waals surface area contributed by atoms with E-state index < -0.39 is 0 Å². The van der Waals surface area contributed by atoms with E-state index >= 15 is 0 Å². The van der Waals surface area contributed by atoms with E-state index in [0.29, 0.717) is 6.61 Å². The van der Waals surface area contributed by atoms with Gasteiger partial charge in [-0.05, 0) is 42.1 Å². The zero-order chi connectivity index (χ0) is 14.3. The third kappa shape index (κ3) is 4.42. The van der Waals surface area contributed by atoms with Crippen molar-refractivity contribution in [3.05, 3.63) is 16.0 Å². The molecule has 1 heterocycles. The summed E-state index contributed by atoms with van der Waals surface area (Å²) >= 11 is 3.59. The monoisotopic (exact) mass is 329 g/mol. The molecule has 0 bridgehead atoms. The summed E-state index contributed by atoms with van der Waals surface area (Å²) in [6.07, 6.45) is 2.80. The predicted octanol–water partition coefficient (Wildman–Crippen LogP) is 4.11. The number of hydrogen-bond donors (Lipinski definition) is 1. The molecule has 1 aromatic rings. The van der Waals surface area contributed by atoms with E-state index in [1.54, 1.807) is 0 Å². The Morgan fingerprint density at radius 2 is 1.95 bits per heavy atom. The number of rotatable bonds is 8. The van der Waals surface area contributed by atoms with Crippen LogP contribution in [0.1, 0.15) is 58.2 Å². The van der Waals surface area contributed by atoms with Gasteiger partial charge in [0.25, 0.3) is 0 Å². The summed E-state index contributed by atoms with van der Waals surface area (Å²) < 4.78 is 6.68. The van der Waals surface area contributed by atoms with Gasteiger partial charge in [0.1, 0.15) is 11.9 Å². The molecule has 0 aliphatic heterocycles. The van der Waals surface area contributed by atoms with E-state index in [0.717, 1.165) is 47.6 Å². The molecule has 1 N–H and O–H groups in total. The Morgan fingerprint density at radius 1 is 1.21 bits per heavy atom. The molecule has 0 amide bonds. The van der Waals surface area contributed by atoms with Gasteiger partial charge in [-0.2, -0.15) is 0 Å². The Hall–Kier alpha value is -0.680. The van der Waals surface area contributed by atoms with Crippen LogP contribution in [0.15, 0.2) is 4.47 Å². The van der Waals surface area contributed by atoms with Gasteiger partial charge in [0.2, 0.25) is 0 Å². The molecule has 1 atom stereocenters. The van der Waals surface area contributed by atoms with Gasteiger partial charge in [-0.15, -0.1) is 0 Å². The van der Waals surface area contributed by atoms with Gasteiger partial charge in [-0.25, -0.2) is 9.97 Å². The lowest BCUT2D eigenvalue weighted by Gasteiger charge is -2.17. The maximum atomic E-state index is 5.71. The number of halogens is 1. The summed E-state index contributed by atoms with van der Waals surface area (Å²) in [7, 11) is 0. The van der Waals surface area contributed by atoms with Crippen LogP contribution in [-0.4, -0.2) is 23.1 Å². The Labute approximate surface area is 124 Å². The molecule has 108 valence electrons. The van der Waals surface area contributed by atoms with Crippen LogP contribution in [0.5, 0.6) is 0 Å². The minimum absolute atomic E-state index is 0.0226. The second-order valence-electron chi connectivity index (χ2n) is 4.32. The molecule has 0 aliphatic rings. The van der Waals surface area contributed by atoms with E-state index in [9.17, 15) is 0 Å². The third-order valence-electron chi connectivity index (χ3n) is 2.84. The van der Waals surface area contributed by atoms with Crippen molar-refractivity contribution in [1.29, 1.82) is 0 Å². The number of nitrogens with one attached hydrogen (secondary N) is 1. The molecular weight excluding hydrogens is 306 g/mol. The maximum Gasteiger partial charge on any atom is 0.159 e.